The molecule has 0 saturated carbocycles. The van der Waals surface area contributed by atoms with Crippen molar-refractivity contribution >= 4 is 5.91 Å². The number of nitrogens with zero attached hydrogens (tertiary/aromatic N) is 3. The molecule has 25 heavy (non-hydrogen) atoms. The Morgan fingerprint density at radius 3 is 3.08 bits per heavy atom. The third-order valence-electron chi connectivity index (χ3n) is 5.06. The number of nitrogens with one attached hydrogen (secondary N) is 1. The van der Waals surface area contributed by atoms with Crippen molar-refractivity contribution in [2.24, 2.45) is 0 Å². The highest BCUT2D eigenvalue weighted by Crippen LogP contribution is 2.18. The predicted molar refractivity (Wildman–Crippen MR) is 94.3 cm³/mol. The number of amides is 1. The number of hydrogen-bond donors (Lipinski definition) is 1. The third-order valence-corrected chi connectivity index (χ3v) is 5.06. The summed E-state index contributed by atoms with van der Waals surface area (Å²) in [6.45, 7) is 7.35. The Kier molecular flexibility index (Phi) is 5.86. The van der Waals surface area contributed by atoms with E-state index in [2.05, 4.69) is 15.3 Å². The minimum absolute atomic E-state index is 0.0197. The summed E-state index contributed by atoms with van der Waals surface area (Å²) >= 11 is 0. The largest absolute Gasteiger partial charge is 0.376 e. The van der Waals surface area contributed by atoms with Gasteiger partial charge in [-0.15, -0.1) is 0 Å². The number of aryl methyl sites for hydroxylation is 1. The normalized spacial score (nSPS) is 21.8. The maximum atomic E-state index is 12.4. The first-order chi connectivity index (χ1) is 12.1. The van der Waals surface area contributed by atoms with Gasteiger partial charge in [0, 0.05) is 45.3 Å². The summed E-state index contributed by atoms with van der Waals surface area (Å²) in [5, 5.41) is 7.49. The topological polar surface area (TPSA) is 76.5 Å². The van der Waals surface area contributed by atoms with E-state index in [9.17, 15) is 9.59 Å². The van der Waals surface area contributed by atoms with Crippen molar-refractivity contribution in [1.82, 2.24) is 20.0 Å². The van der Waals surface area contributed by atoms with Crippen LogP contribution in [0.25, 0.3) is 0 Å². The molecule has 7 heteroatoms. The van der Waals surface area contributed by atoms with Crippen LogP contribution in [0.5, 0.6) is 0 Å². The zero-order valence-electron chi connectivity index (χ0n) is 15.2. The van der Waals surface area contributed by atoms with Crippen molar-refractivity contribution in [2.45, 2.75) is 64.8 Å². The summed E-state index contributed by atoms with van der Waals surface area (Å²) in [6.07, 6.45) is 3.89. The lowest BCUT2D eigenvalue weighted by molar-refractivity contribution is -0.126. The number of fused-ring (bicyclic) bond motifs is 1. The fraction of sp³-hybridized carbons (Fsp3) is 0.722. The lowest BCUT2D eigenvalue weighted by atomic mass is 10.0. The Hall–Kier alpha value is -1.73. The van der Waals surface area contributed by atoms with Crippen LogP contribution in [-0.2, 0) is 29.0 Å². The first-order valence-electron chi connectivity index (χ1n) is 9.31. The van der Waals surface area contributed by atoms with E-state index in [0.29, 0.717) is 19.6 Å². The zero-order valence-corrected chi connectivity index (χ0v) is 15.2. The molecule has 0 spiro atoms. The van der Waals surface area contributed by atoms with Gasteiger partial charge < -0.3 is 10.1 Å². The van der Waals surface area contributed by atoms with E-state index in [4.69, 9.17) is 4.74 Å². The second-order valence-electron chi connectivity index (χ2n) is 6.95. The molecule has 3 rings (SSSR count). The molecule has 0 bridgehead atoms. The van der Waals surface area contributed by atoms with Gasteiger partial charge in [-0.2, -0.15) is 5.10 Å². The van der Waals surface area contributed by atoms with E-state index >= 15 is 0 Å². The van der Waals surface area contributed by atoms with Crippen molar-refractivity contribution in [2.75, 3.05) is 19.7 Å². The molecule has 0 aromatic carbocycles. The van der Waals surface area contributed by atoms with Gasteiger partial charge in [-0.1, -0.05) is 6.92 Å². The molecule has 1 saturated heterocycles. The minimum Gasteiger partial charge on any atom is -0.376 e. The highest BCUT2D eigenvalue weighted by molar-refractivity contribution is 5.81. The smallest absolute Gasteiger partial charge is 0.267 e. The van der Waals surface area contributed by atoms with Crippen LogP contribution in [0.4, 0.5) is 0 Å². The number of hydrogen-bond acceptors (Lipinski definition) is 5. The molecule has 138 valence electrons. The van der Waals surface area contributed by atoms with Gasteiger partial charge in [0.15, 0.2) is 0 Å². The number of carbonyl (C=O) groups excluding carboxylic acids is 1. The SMILES string of the molecule is CCCn1nc2c(cc1=O)CN([C@@H](C)C(=O)NC[C@H]1CCCO1)CC2. The molecule has 3 heterocycles. The lowest BCUT2D eigenvalue weighted by Gasteiger charge is -2.32. The van der Waals surface area contributed by atoms with E-state index in [1.807, 2.05) is 13.8 Å². The number of ether oxygens (including phenoxy) is 1. The molecule has 0 unspecified atom stereocenters. The molecule has 2 atom stereocenters. The molecule has 2 aliphatic heterocycles. The second kappa shape index (κ2) is 8.10. The van der Waals surface area contributed by atoms with Crippen molar-refractivity contribution < 1.29 is 9.53 Å². The Labute approximate surface area is 148 Å². The molecule has 1 aromatic rings. The van der Waals surface area contributed by atoms with Gasteiger partial charge in [0.2, 0.25) is 5.91 Å². The zero-order chi connectivity index (χ0) is 17.8. The highest BCUT2D eigenvalue weighted by atomic mass is 16.5. The van der Waals surface area contributed by atoms with Gasteiger partial charge in [-0.25, -0.2) is 4.68 Å². The average molecular weight is 348 g/mol. The van der Waals surface area contributed by atoms with E-state index in [-0.39, 0.29) is 23.6 Å². The molecule has 7 nitrogen and oxygen atoms in total. The molecule has 0 aliphatic carbocycles. The Morgan fingerprint density at radius 1 is 1.52 bits per heavy atom. The third kappa shape index (κ3) is 4.27. The molecule has 2 aliphatic rings. The van der Waals surface area contributed by atoms with Gasteiger partial charge in [0.25, 0.3) is 5.56 Å². The van der Waals surface area contributed by atoms with Crippen LogP contribution in [0.3, 0.4) is 0 Å². The molecule has 1 aromatic heterocycles. The van der Waals surface area contributed by atoms with Crippen LogP contribution in [0.15, 0.2) is 10.9 Å². The van der Waals surface area contributed by atoms with Gasteiger partial charge >= 0.3 is 0 Å². The molecule has 0 radical (unpaired) electrons. The van der Waals surface area contributed by atoms with E-state index < -0.39 is 0 Å². The molecular weight excluding hydrogens is 320 g/mol. The Bertz CT molecular complexity index is 667. The summed E-state index contributed by atoms with van der Waals surface area (Å²) in [6, 6.07) is 1.45. The van der Waals surface area contributed by atoms with E-state index in [1.54, 1.807) is 10.7 Å². The molecule has 1 fully saturated rings. The summed E-state index contributed by atoms with van der Waals surface area (Å²) < 4.78 is 7.09. The van der Waals surface area contributed by atoms with E-state index in [0.717, 1.165) is 50.1 Å². The molecular formula is C18H28N4O3. The van der Waals surface area contributed by atoms with Crippen molar-refractivity contribution in [1.29, 1.82) is 0 Å². The van der Waals surface area contributed by atoms with Crippen molar-refractivity contribution in [3.8, 4) is 0 Å². The fourth-order valence-electron chi connectivity index (χ4n) is 3.50. The van der Waals surface area contributed by atoms with Crippen molar-refractivity contribution in [3.05, 3.63) is 27.7 Å². The average Bonchev–Trinajstić information content (AvgIpc) is 3.13. The fourth-order valence-corrected chi connectivity index (χ4v) is 3.50. The van der Waals surface area contributed by atoms with Gasteiger partial charge in [-0.3, -0.25) is 14.5 Å². The lowest BCUT2D eigenvalue weighted by Crippen LogP contribution is -2.48. The van der Waals surface area contributed by atoms with Gasteiger partial charge in [-0.05, 0) is 31.7 Å². The maximum Gasteiger partial charge on any atom is 0.267 e. The van der Waals surface area contributed by atoms with Crippen molar-refractivity contribution in [3.63, 3.8) is 0 Å². The Balaban J connectivity index is 1.60. The van der Waals surface area contributed by atoms with Crippen LogP contribution in [0, 0.1) is 0 Å². The molecule has 1 amide bonds. The van der Waals surface area contributed by atoms with Crippen LogP contribution < -0.4 is 10.9 Å². The standard InChI is InChI=1S/C18H28N4O3/c1-3-7-22-17(23)10-14-12-21(8-6-16(14)20-22)13(2)18(24)19-11-15-5-4-9-25-15/h10,13,15H,3-9,11-12H2,1-2H3,(H,19,24)/t13-,15+/m0/s1. The summed E-state index contributed by atoms with van der Waals surface area (Å²) in [5.41, 5.74) is 1.87. The highest BCUT2D eigenvalue weighted by Gasteiger charge is 2.27. The van der Waals surface area contributed by atoms with Crippen LogP contribution >= 0.6 is 0 Å². The maximum absolute atomic E-state index is 12.4. The minimum atomic E-state index is -0.229. The summed E-state index contributed by atoms with van der Waals surface area (Å²) in [5.74, 6) is 0.0197. The van der Waals surface area contributed by atoms with Crippen LogP contribution in [-0.4, -0.2) is 52.4 Å². The Morgan fingerprint density at radius 2 is 2.36 bits per heavy atom. The number of aromatic nitrogens is 2. The quantitative estimate of drug-likeness (QED) is 0.819. The predicted octanol–water partition coefficient (Wildman–Crippen LogP) is 0.695. The van der Waals surface area contributed by atoms with E-state index in [1.165, 1.54) is 0 Å². The molecule has 1 N–H and O–H groups in total. The second-order valence-corrected chi connectivity index (χ2v) is 6.95. The van der Waals surface area contributed by atoms with Crippen LogP contribution in [0.1, 0.15) is 44.4 Å². The van der Waals surface area contributed by atoms with Gasteiger partial charge in [0.1, 0.15) is 0 Å². The first kappa shape index (κ1) is 18.1. The summed E-state index contributed by atoms with van der Waals surface area (Å²) in [7, 11) is 0. The number of rotatable bonds is 6. The first-order valence-corrected chi connectivity index (χ1v) is 9.31. The van der Waals surface area contributed by atoms with Gasteiger partial charge in [0.05, 0.1) is 17.8 Å². The monoisotopic (exact) mass is 348 g/mol. The van der Waals surface area contributed by atoms with Crippen LogP contribution in [0.2, 0.25) is 0 Å². The number of carbonyl (C=O) groups is 1. The summed E-state index contributed by atoms with van der Waals surface area (Å²) in [4.78, 5) is 26.7.